The number of carbonyl (C=O) groups excluding carboxylic acids is 1. The largest absolute Gasteiger partial charge is 0.493 e. The van der Waals surface area contributed by atoms with Crippen molar-refractivity contribution in [2.24, 2.45) is 0 Å². The maximum atomic E-state index is 12.7. The Labute approximate surface area is 158 Å². The number of amides is 1. The maximum Gasteiger partial charge on any atom is 0.251 e. The zero-order chi connectivity index (χ0) is 19.4. The molecular weight excluding hydrogens is 342 g/mol. The second kappa shape index (κ2) is 7.95. The molecule has 6 heteroatoms. The average molecular weight is 365 g/mol. The SMILES string of the molecule is C=CCn1c([C@@H](C)NC(=O)c2ccc(OC)c(OC)c2)nc2ccccc21. The number of nitrogens with zero attached hydrogens (tertiary/aromatic N) is 2. The van der Waals surface area contributed by atoms with Gasteiger partial charge in [-0.3, -0.25) is 4.79 Å². The molecule has 0 aliphatic rings. The third kappa shape index (κ3) is 3.65. The van der Waals surface area contributed by atoms with Crippen LogP contribution in [-0.4, -0.2) is 29.7 Å². The first-order valence-electron chi connectivity index (χ1n) is 8.68. The summed E-state index contributed by atoms with van der Waals surface area (Å²) in [4.78, 5) is 17.4. The predicted octanol–water partition coefficient (Wildman–Crippen LogP) is 3.73. The second-order valence-corrected chi connectivity index (χ2v) is 6.12. The smallest absolute Gasteiger partial charge is 0.251 e. The Morgan fingerprint density at radius 3 is 2.67 bits per heavy atom. The standard InChI is InChI=1S/C21H23N3O3/c1-5-12-24-17-9-7-6-8-16(17)23-20(24)14(2)22-21(25)15-10-11-18(26-3)19(13-15)27-4/h5-11,13-14H,1,12H2,2-4H3,(H,22,25)/t14-/m1/s1. The number of benzene rings is 2. The Bertz CT molecular complexity index is 978. The number of carbonyl (C=O) groups is 1. The zero-order valence-corrected chi connectivity index (χ0v) is 15.7. The van der Waals surface area contributed by atoms with Gasteiger partial charge in [0.2, 0.25) is 0 Å². The Balaban J connectivity index is 1.88. The van der Waals surface area contributed by atoms with Gasteiger partial charge in [0.1, 0.15) is 5.82 Å². The molecule has 6 nitrogen and oxygen atoms in total. The number of allylic oxidation sites excluding steroid dienone is 1. The van der Waals surface area contributed by atoms with Crippen molar-refractivity contribution in [2.45, 2.75) is 19.5 Å². The van der Waals surface area contributed by atoms with Crippen LogP contribution in [0.2, 0.25) is 0 Å². The molecule has 0 saturated carbocycles. The number of para-hydroxylation sites is 2. The first kappa shape index (κ1) is 18.5. The van der Waals surface area contributed by atoms with E-state index in [9.17, 15) is 4.79 Å². The highest BCUT2D eigenvalue weighted by Crippen LogP contribution is 2.28. The molecule has 0 radical (unpaired) electrons. The van der Waals surface area contributed by atoms with Crippen LogP contribution >= 0.6 is 0 Å². The van der Waals surface area contributed by atoms with Crippen molar-refractivity contribution in [3.8, 4) is 11.5 Å². The molecule has 0 aliphatic heterocycles. The molecule has 0 fully saturated rings. The van der Waals surface area contributed by atoms with Crippen molar-refractivity contribution in [2.75, 3.05) is 14.2 Å². The first-order valence-corrected chi connectivity index (χ1v) is 8.68. The minimum absolute atomic E-state index is 0.208. The molecule has 0 bridgehead atoms. The van der Waals surface area contributed by atoms with Crippen LogP contribution in [0.1, 0.15) is 29.1 Å². The molecule has 0 aliphatic carbocycles. The number of nitrogens with one attached hydrogen (secondary N) is 1. The lowest BCUT2D eigenvalue weighted by atomic mass is 10.1. The fourth-order valence-electron chi connectivity index (χ4n) is 3.07. The summed E-state index contributed by atoms with van der Waals surface area (Å²) in [5, 5.41) is 3.01. The molecule has 1 N–H and O–H groups in total. The number of aromatic nitrogens is 2. The van der Waals surface area contributed by atoms with Crippen molar-refractivity contribution in [1.82, 2.24) is 14.9 Å². The maximum absolute atomic E-state index is 12.7. The average Bonchev–Trinajstić information content (AvgIpc) is 3.06. The predicted molar refractivity (Wildman–Crippen MR) is 105 cm³/mol. The quantitative estimate of drug-likeness (QED) is 0.648. The van der Waals surface area contributed by atoms with Gasteiger partial charge in [-0.05, 0) is 37.3 Å². The van der Waals surface area contributed by atoms with Crippen LogP contribution in [0.25, 0.3) is 11.0 Å². The van der Waals surface area contributed by atoms with Gasteiger partial charge in [-0.25, -0.2) is 4.98 Å². The Kier molecular flexibility index (Phi) is 5.45. The summed E-state index contributed by atoms with van der Waals surface area (Å²) in [6.45, 7) is 6.36. The number of imidazole rings is 1. The molecule has 3 aromatic rings. The molecule has 3 rings (SSSR count). The molecule has 0 saturated heterocycles. The molecule has 0 spiro atoms. The van der Waals surface area contributed by atoms with Crippen LogP contribution in [0, 0.1) is 0 Å². The molecule has 27 heavy (non-hydrogen) atoms. The summed E-state index contributed by atoms with van der Waals surface area (Å²) < 4.78 is 12.6. The molecule has 1 heterocycles. The van der Waals surface area contributed by atoms with E-state index in [1.54, 1.807) is 32.4 Å². The number of fused-ring (bicyclic) bond motifs is 1. The van der Waals surface area contributed by atoms with Gasteiger partial charge in [-0.2, -0.15) is 0 Å². The van der Waals surface area contributed by atoms with E-state index in [0.717, 1.165) is 16.9 Å². The lowest BCUT2D eigenvalue weighted by Crippen LogP contribution is -2.28. The second-order valence-electron chi connectivity index (χ2n) is 6.12. The van der Waals surface area contributed by atoms with Crippen molar-refractivity contribution >= 4 is 16.9 Å². The summed E-state index contributed by atoms with van der Waals surface area (Å²) in [6, 6.07) is 12.7. The van der Waals surface area contributed by atoms with E-state index in [1.807, 2.05) is 37.3 Å². The molecule has 0 unspecified atom stereocenters. The van der Waals surface area contributed by atoms with Gasteiger partial charge in [0.05, 0.1) is 31.3 Å². The highest BCUT2D eigenvalue weighted by Gasteiger charge is 2.19. The van der Waals surface area contributed by atoms with Crippen LogP contribution in [0.3, 0.4) is 0 Å². The van der Waals surface area contributed by atoms with Crippen molar-refractivity contribution in [3.05, 3.63) is 66.5 Å². The molecule has 1 amide bonds. The van der Waals surface area contributed by atoms with Gasteiger partial charge in [0.25, 0.3) is 5.91 Å². The monoisotopic (exact) mass is 365 g/mol. The van der Waals surface area contributed by atoms with Gasteiger partial charge in [0, 0.05) is 12.1 Å². The molecular formula is C21H23N3O3. The summed E-state index contributed by atoms with van der Waals surface area (Å²) in [6.07, 6.45) is 1.82. The van der Waals surface area contributed by atoms with Crippen LogP contribution < -0.4 is 14.8 Å². The summed E-state index contributed by atoms with van der Waals surface area (Å²) >= 11 is 0. The highest BCUT2D eigenvalue weighted by atomic mass is 16.5. The van der Waals surface area contributed by atoms with E-state index in [4.69, 9.17) is 14.5 Å². The highest BCUT2D eigenvalue weighted by molar-refractivity contribution is 5.95. The summed E-state index contributed by atoms with van der Waals surface area (Å²) in [5.41, 5.74) is 2.40. The summed E-state index contributed by atoms with van der Waals surface area (Å²) in [7, 11) is 3.10. The molecule has 1 aromatic heterocycles. The van der Waals surface area contributed by atoms with E-state index in [-0.39, 0.29) is 11.9 Å². The van der Waals surface area contributed by atoms with Crippen molar-refractivity contribution in [3.63, 3.8) is 0 Å². The van der Waals surface area contributed by atoms with E-state index in [0.29, 0.717) is 23.6 Å². The first-order chi connectivity index (χ1) is 13.1. The number of hydrogen-bond donors (Lipinski definition) is 1. The van der Waals surface area contributed by atoms with Gasteiger partial charge in [0.15, 0.2) is 11.5 Å². The van der Waals surface area contributed by atoms with Crippen molar-refractivity contribution in [1.29, 1.82) is 0 Å². The minimum atomic E-state index is -0.280. The third-order valence-corrected chi connectivity index (χ3v) is 4.38. The van der Waals surface area contributed by atoms with Gasteiger partial charge < -0.3 is 19.4 Å². The third-order valence-electron chi connectivity index (χ3n) is 4.38. The van der Waals surface area contributed by atoms with Gasteiger partial charge in [-0.15, -0.1) is 6.58 Å². The van der Waals surface area contributed by atoms with Crippen LogP contribution in [-0.2, 0) is 6.54 Å². The zero-order valence-electron chi connectivity index (χ0n) is 15.7. The Morgan fingerprint density at radius 2 is 1.96 bits per heavy atom. The van der Waals surface area contributed by atoms with Crippen molar-refractivity contribution < 1.29 is 14.3 Å². The van der Waals surface area contributed by atoms with E-state index < -0.39 is 0 Å². The fourth-order valence-corrected chi connectivity index (χ4v) is 3.07. The molecule has 2 aromatic carbocycles. The number of methoxy groups -OCH3 is 2. The molecule has 1 atom stereocenters. The molecule has 140 valence electrons. The fraction of sp³-hybridized carbons (Fsp3) is 0.238. The van der Waals surface area contributed by atoms with E-state index in [2.05, 4.69) is 16.5 Å². The minimum Gasteiger partial charge on any atom is -0.493 e. The van der Waals surface area contributed by atoms with Gasteiger partial charge in [-0.1, -0.05) is 18.2 Å². The Morgan fingerprint density at radius 1 is 1.22 bits per heavy atom. The normalized spacial score (nSPS) is 11.8. The van der Waals surface area contributed by atoms with Gasteiger partial charge >= 0.3 is 0 Å². The topological polar surface area (TPSA) is 65.4 Å². The number of ether oxygens (including phenoxy) is 2. The summed E-state index contributed by atoms with van der Waals surface area (Å²) in [5.74, 6) is 1.66. The number of rotatable bonds is 7. The lowest BCUT2D eigenvalue weighted by molar-refractivity contribution is 0.0937. The Hall–Kier alpha value is -3.28. The number of hydrogen-bond acceptors (Lipinski definition) is 4. The van der Waals surface area contributed by atoms with E-state index in [1.165, 1.54) is 0 Å². The van der Waals surface area contributed by atoms with Crippen LogP contribution in [0.4, 0.5) is 0 Å². The van der Waals surface area contributed by atoms with Crippen LogP contribution in [0.5, 0.6) is 11.5 Å². The lowest BCUT2D eigenvalue weighted by Gasteiger charge is -2.16. The van der Waals surface area contributed by atoms with E-state index >= 15 is 0 Å². The van der Waals surface area contributed by atoms with Crippen LogP contribution in [0.15, 0.2) is 55.1 Å².